The van der Waals surface area contributed by atoms with Crippen molar-refractivity contribution >= 4 is 38.9 Å². The van der Waals surface area contributed by atoms with Gasteiger partial charge in [-0.15, -0.1) is 11.3 Å². The number of thiophene rings is 1. The zero-order valence-corrected chi connectivity index (χ0v) is 22.1. The third kappa shape index (κ3) is 5.46. The first kappa shape index (κ1) is 24.9. The van der Waals surface area contributed by atoms with Crippen molar-refractivity contribution in [2.24, 2.45) is 0 Å². The summed E-state index contributed by atoms with van der Waals surface area (Å²) in [5, 5.41) is 5.18. The van der Waals surface area contributed by atoms with Crippen LogP contribution in [0, 0.1) is 0 Å². The Morgan fingerprint density at radius 1 is 1.06 bits per heavy atom. The van der Waals surface area contributed by atoms with Gasteiger partial charge in [0.2, 0.25) is 0 Å². The Hall–Kier alpha value is -2.80. The molecule has 5 nitrogen and oxygen atoms in total. The number of amides is 1. The quantitative estimate of drug-likeness (QED) is 0.274. The number of nitrogens with one attached hydrogen (secondary N) is 1. The smallest absolute Gasteiger partial charge is 0.266 e. The maximum absolute atomic E-state index is 14.1. The first-order valence-electron chi connectivity index (χ1n) is 12.7. The van der Waals surface area contributed by atoms with Crippen molar-refractivity contribution in [3.63, 3.8) is 0 Å². The van der Waals surface area contributed by atoms with Crippen molar-refractivity contribution in [2.75, 3.05) is 6.54 Å². The van der Waals surface area contributed by atoms with Gasteiger partial charge in [-0.3, -0.25) is 4.79 Å². The molecule has 1 amide bonds. The van der Waals surface area contributed by atoms with E-state index in [1.54, 1.807) is 0 Å². The summed E-state index contributed by atoms with van der Waals surface area (Å²) in [6.07, 6.45) is 10.4. The van der Waals surface area contributed by atoms with Gasteiger partial charge in [0, 0.05) is 46.7 Å². The molecule has 4 aromatic rings. The Morgan fingerprint density at radius 3 is 2.58 bits per heavy atom. The van der Waals surface area contributed by atoms with Gasteiger partial charge in [0.15, 0.2) is 0 Å². The van der Waals surface area contributed by atoms with E-state index in [1.807, 2.05) is 42.7 Å². The van der Waals surface area contributed by atoms with Gasteiger partial charge in [-0.25, -0.2) is 9.97 Å². The highest BCUT2D eigenvalue weighted by Gasteiger charge is 2.31. The number of fused-ring (bicyclic) bond motifs is 1. The van der Waals surface area contributed by atoms with Crippen molar-refractivity contribution < 1.29 is 4.79 Å². The average molecular weight is 519 g/mol. The number of carbonyl (C=O) groups excluding carboxylic acids is 1. The van der Waals surface area contributed by atoms with Gasteiger partial charge in [0.05, 0.1) is 5.02 Å². The number of benzene rings is 2. The average Bonchev–Trinajstić information content (AvgIpc) is 3.27. The minimum atomic E-state index is 0.0274. The fourth-order valence-electron chi connectivity index (χ4n) is 5.08. The number of halogens is 1. The van der Waals surface area contributed by atoms with Crippen LogP contribution in [-0.2, 0) is 6.54 Å². The van der Waals surface area contributed by atoms with E-state index in [9.17, 15) is 4.79 Å². The highest BCUT2D eigenvalue weighted by Crippen LogP contribution is 2.37. The fraction of sp³-hybridized carbons (Fsp3) is 0.345. The monoisotopic (exact) mass is 518 g/mol. The van der Waals surface area contributed by atoms with Gasteiger partial charge in [0.25, 0.3) is 5.91 Å². The standard InChI is InChI=1S/C29H31ClN4OS/c1-2-14-33-23-10-12-24(13-11-23)34(29(35)28-27(30)25-8-3-4-9-26(25)36-28)18-20-6-5-7-21(15-20)22-16-31-19-32-17-22/h3-9,15-17,19,23-24,33H,2,10-14,18H2,1H3. The van der Waals surface area contributed by atoms with Gasteiger partial charge in [-0.2, -0.15) is 0 Å². The van der Waals surface area contributed by atoms with Crippen molar-refractivity contribution in [1.82, 2.24) is 20.2 Å². The second kappa shape index (κ2) is 11.5. The molecule has 0 saturated heterocycles. The normalized spacial score (nSPS) is 17.8. The Balaban J connectivity index is 1.43. The molecule has 7 heteroatoms. The lowest BCUT2D eigenvalue weighted by molar-refractivity contribution is 0.0605. The molecule has 1 aliphatic rings. The number of hydrogen-bond donors (Lipinski definition) is 1. The molecule has 2 aromatic heterocycles. The molecule has 36 heavy (non-hydrogen) atoms. The first-order valence-corrected chi connectivity index (χ1v) is 13.9. The van der Waals surface area contributed by atoms with Gasteiger partial charge >= 0.3 is 0 Å². The second-order valence-corrected chi connectivity index (χ2v) is 10.9. The minimum absolute atomic E-state index is 0.0274. The van der Waals surface area contributed by atoms with Crippen LogP contribution in [0.5, 0.6) is 0 Å². The zero-order chi connectivity index (χ0) is 24.9. The maximum Gasteiger partial charge on any atom is 0.266 e. The van der Waals surface area contributed by atoms with Crippen LogP contribution in [-0.4, -0.2) is 39.4 Å². The lowest BCUT2D eigenvalue weighted by Gasteiger charge is -2.37. The second-order valence-electron chi connectivity index (χ2n) is 9.46. The SMILES string of the molecule is CCCNC1CCC(N(Cc2cccc(-c3cncnc3)c2)C(=O)c2sc3ccccc3c2Cl)CC1. The van der Waals surface area contributed by atoms with E-state index in [0.29, 0.717) is 22.5 Å². The summed E-state index contributed by atoms with van der Waals surface area (Å²) in [5.41, 5.74) is 3.10. The molecule has 1 fully saturated rings. The molecular formula is C29H31ClN4OS. The fourth-order valence-corrected chi connectivity index (χ4v) is 6.55. The molecule has 0 radical (unpaired) electrons. The van der Waals surface area contributed by atoms with Crippen LogP contribution in [0.3, 0.4) is 0 Å². The molecule has 0 spiro atoms. The maximum atomic E-state index is 14.1. The number of hydrogen-bond acceptors (Lipinski definition) is 5. The third-order valence-electron chi connectivity index (χ3n) is 6.98. The lowest BCUT2D eigenvalue weighted by Crippen LogP contribution is -2.45. The summed E-state index contributed by atoms with van der Waals surface area (Å²) in [6, 6.07) is 17.0. The first-order chi connectivity index (χ1) is 17.6. The Morgan fingerprint density at radius 2 is 1.83 bits per heavy atom. The Bertz CT molecular complexity index is 1320. The number of rotatable bonds is 8. The van der Waals surface area contributed by atoms with Crippen LogP contribution in [0.4, 0.5) is 0 Å². The molecule has 5 rings (SSSR count). The number of aromatic nitrogens is 2. The van der Waals surface area contributed by atoms with Crippen LogP contribution < -0.4 is 5.32 Å². The molecule has 2 heterocycles. The van der Waals surface area contributed by atoms with Gasteiger partial charge in [-0.1, -0.05) is 54.9 Å². The van der Waals surface area contributed by atoms with Crippen LogP contribution in [0.2, 0.25) is 5.02 Å². The van der Waals surface area contributed by atoms with Gasteiger partial charge < -0.3 is 10.2 Å². The third-order valence-corrected chi connectivity index (χ3v) is 8.65. The van der Waals surface area contributed by atoms with E-state index < -0.39 is 0 Å². The van der Waals surface area contributed by atoms with E-state index >= 15 is 0 Å². The summed E-state index contributed by atoms with van der Waals surface area (Å²) in [6.45, 7) is 3.79. The minimum Gasteiger partial charge on any atom is -0.331 e. The molecule has 186 valence electrons. The van der Waals surface area contributed by atoms with E-state index in [-0.39, 0.29) is 11.9 Å². The van der Waals surface area contributed by atoms with Crippen LogP contribution >= 0.6 is 22.9 Å². The predicted molar refractivity (Wildman–Crippen MR) is 149 cm³/mol. The molecule has 1 saturated carbocycles. The highest BCUT2D eigenvalue weighted by atomic mass is 35.5. The molecule has 0 unspecified atom stereocenters. The molecule has 2 aromatic carbocycles. The summed E-state index contributed by atoms with van der Waals surface area (Å²) < 4.78 is 1.05. The summed E-state index contributed by atoms with van der Waals surface area (Å²) in [4.78, 5) is 25.1. The van der Waals surface area contributed by atoms with Crippen molar-refractivity contribution in [1.29, 1.82) is 0 Å². The summed E-state index contributed by atoms with van der Waals surface area (Å²) in [5.74, 6) is 0.0274. The number of carbonyl (C=O) groups is 1. The molecule has 0 atom stereocenters. The molecule has 1 N–H and O–H groups in total. The predicted octanol–water partition coefficient (Wildman–Crippen LogP) is 6.96. The van der Waals surface area contributed by atoms with E-state index in [4.69, 9.17) is 11.6 Å². The Labute approximate surface area is 221 Å². The largest absolute Gasteiger partial charge is 0.331 e. The highest BCUT2D eigenvalue weighted by molar-refractivity contribution is 7.21. The van der Waals surface area contributed by atoms with Gasteiger partial charge in [0.1, 0.15) is 11.2 Å². The van der Waals surface area contributed by atoms with Crippen molar-refractivity contribution in [3.8, 4) is 11.1 Å². The summed E-state index contributed by atoms with van der Waals surface area (Å²) >= 11 is 8.26. The van der Waals surface area contributed by atoms with Crippen molar-refractivity contribution in [2.45, 2.75) is 57.7 Å². The molecule has 0 aliphatic heterocycles. The van der Waals surface area contributed by atoms with Gasteiger partial charge in [-0.05, 0) is 61.9 Å². The molecular weight excluding hydrogens is 488 g/mol. The summed E-state index contributed by atoms with van der Waals surface area (Å²) in [7, 11) is 0. The van der Waals surface area contributed by atoms with Crippen LogP contribution in [0.15, 0.2) is 67.3 Å². The molecule has 0 bridgehead atoms. The van der Waals surface area contributed by atoms with Crippen LogP contribution in [0.25, 0.3) is 21.2 Å². The van der Waals surface area contributed by atoms with E-state index in [2.05, 4.69) is 45.3 Å². The Kier molecular flexibility index (Phi) is 7.95. The van der Waals surface area contributed by atoms with Crippen LogP contribution in [0.1, 0.15) is 54.3 Å². The van der Waals surface area contributed by atoms with E-state index in [1.165, 1.54) is 17.7 Å². The van der Waals surface area contributed by atoms with Crippen molar-refractivity contribution in [3.05, 3.63) is 82.7 Å². The number of nitrogens with zero attached hydrogens (tertiary/aromatic N) is 3. The lowest BCUT2D eigenvalue weighted by atomic mass is 9.89. The topological polar surface area (TPSA) is 58.1 Å². The van der Waals surface area contributed by atoms with E-state index in [0.717, 1.165) is 65.4 Å². The molecule has 1 aliphatic carbocycles. The zero-order valence-electron chi connectivity index (χ0n) is 20.5.